The Bertz CT molecular complexity index is 799. The zero-order chi connectivity index (χ0) is 18.4. The van der Waals surface area contributed by atoms with Crippen molar-refractivity contribution < 1.29 is 27.8 Å². The van der Waals surface area contributed by atoms with Crippen LogP contribution in [0, 0.1) is 6.92 Å². The molecule has 2 aliphatic rings. The molecule has 3 rings (SSSR count). The lowest BCUT2D eigenvalue weighted by Gasteiger charge is -2.36. The van der Waals surface area contributed by atoms with Gasteiger partial charge in [0.05, 0.1) is 11.5 Å². The lowest BCUT2D eigenvalue weighted by atomic mass is 10.0. The van der Waals surface area contributed by atoms with Gasteiger partial charge in [0.25, 0.3) is 0 Å². The number of sulfonamides is 1. The predicted octanol–water partition coefficient (Wildman–Crippen LogP) is 0.963. The van der Waals surface area contributed by atoms with Crippen molar-refractivity contribution in [3.8, 4) is 0 Å². The third-order valence-electron chi connectivity index (χ3n) is 4.24. The van der Waals surface area contributed by atoms with Crippen LogP contribution in [0.2, 0.25) is 0 Å². The fraction of sp³-hybridized carbons (Fsp3) is 0.471. The van der Waals surface area contributed by atoms with Crippen molar-refractivity contribution in [3.05, 3.63) is 42.0 Å². The van der Waals surface area contributed by atoms with Gasteiger partial charge in [-0.15, -0.1) is 0 Å². The molecule has 2 aliphatic heterocycles. The van der Waals surface area contributed by atoms with E-state index < -0.39 is 40.0 Å². The number of nitrogens with zero attached hydrogens (tertiary/aromatic N) is 1. The summed E-state index contributed by atoms with van der Waals surface area (Å²) in [6.07, 6.45) is 0.0834. The van der Waals surface area contributed by atoms with Gasteiger partial charge in [0.2, 0.25) is 10.0 Å². The molecule has 0 amide bonds. The molecule has 0 bridgehead atoms. The summed E-state index contributed by atoms with van der Waals surface area (Å²) in [5.74, 6) is -1.37. The number of ketones is 1. The molecule has 0 saturated carbocycles. The molecule has 0 spiro atoms. The topological polar surface area (TPSA) is 93.1 Å². The molecule has 1 fully saturated rings. The first kappa shape index (κ1) is 18.2. The molecule has 0 aliphatic carbocycles. The number of aliphatic hydroxyl groups excluding tert-OH is 1. The lowest BCUT2D eigenvalue weighted by Crippen LogP contribution is -2.57. The molecular weight excluding hydrogens is 346 g/mol. The fourth-order valence-corrected chi connectivity index (χ4v) is 4.61. The highest BCUT2D eigenvalue weighted by Crippen LogP contribution is 2.32. The Hall–Kier alpha value is -1.58. The lowest BCUT2D eigenvalue weighted by molar-refractivity contribution is -0.151. The summed E-state index contributed by atoms with van der Waals surface area (Å²) < 4.78 is 38.1. The molecular formula is C17H21NO6S. The van der Waals surface area contributed by atoms with Crippen molar-refractivity contribution in [2.45, 2.75) is 49.8 Å². The maximum atomic E-state index is 13.1. The Morgan fingerprint density at radius 3 is 2.44 bits per heavy atom. The molecule has 1 unspecified atom stereocenters. The average molecular weight is 367 g/mol. The van der Waals surface area contributed by atoms with Gasteiger partial charge in [-0.2, -0.15) is 4.31 Å². The van der Waals surface area contributed by atoms with Gasteiger partial charge in [-0.25, -0.2) is 8.42 Å². The number of benzene rings is 1. The zero-order valence-electron chi connectivity index (χ0n) is 14.2. The van der Waals surface area contributed by atoms with Gasteiger partial charge in [0.1, 0.15) is 18.4 Å². The second kappa shape index (κ2) is 6.30. The van der Waals surface area contributed by atoms with Gasteiger partial charge in [-0.1, -0.05) is 17.7 Å². The smallest absolute Gasteiger partial charge is 0.246 e. The minimum Gasteiger partial charge on any atom is -0.374 e. The fourth-order valence-electron chi connectivity index (χ4n) is 3.00. The maximum Gasteiger partial charge on any atom is 0.246 e. The SMILES string of the molecule is Cc1ccc(S(=O)(=O)N2C([C@@H]3COC(C)(C)O3)C(=O)C=C[C@H]2O)cc1. The number of hydrogen-bond donors (Lipinski definition) is 1. The molecule has 8 heteroatoms. The number of aliphatic hydroxyl groups is 1. The summed E-state index contributed by atoms with van der Waals surface area (Å²) in [4.78, 5) is 12.4. The summed E-state index contributed by atoms with van der Waals surface area (Å²) in [5.41, 5.74) is 0.903. The third kappa shape index (κ3) is 3.40. The Balaban J connectivity index is 2.02. The van der Waals surface area contributed by atoms with Crippen molar-refractivity contribution in [1.29, 1.82) is 0 Å². The number of carbonyl (C=O) groups is 1. The molecule has 0 aromatic heterocycles. The molecule has 1 aromatic carbocycles. The van der Waals surface area contributed by atoms with Crippen LogP contribution in [0.1, 0.15) is 19.4 Å². The van der Waals surface area contributed by atoms with E-state index in [-0.39, 0.29) is 11.5 Å². The largest absolute Gasteiger partial charge is 0.374 e. The highest BCUT2D eigenvalue weighted by Gasteiger charge is 2.49. The van der Waals surface area contributed by atoms with Gasteiger partial charge < -0.3 is 14.6 Å². The van der Waals surface area contributed by atoms with Crippen LogP contribution in [-0.4, -0.2) is 54.4 Å². The quantitative estimate of drug-likeness (QED) is 0.855. The normalized spacial score (nSPS) is 29.9. The number of aryl methyl sites for hydroxylation is 1. The van der Waals surface area contributed by atoms with Gasteiger partial charge in [-0.3, -0.25) is 4.79 Å². The zero-order valence-corrected chi connectivity index (χ0v) is 15.1. The van der Waals surface area contributed by atoms with Crippen molar-refractivity contribution in [2.24, 2.45) is 0 Å². The predicted molar refractivity (Wildman–Crippen MR) is 89.0 cm³/mol. The van der Waals surface area contributed by atoms with E-state index in [4.69, 9.17) is 9.47 Å². The van der Waals surface area contributed by atoms with Crippen LogP contribution in [0.25, 0.3) is 0 Å². The molecule has 1 N–H and O–H groups in total. The van der Waals surface area contributed by atoms with Crippen LogP contribution in [0.3, 0.4) is 0 Å². The van der Waals surface area contributed by atoms with E-state index in [0.29, 0.717) is 0 Å². The van der Waals surface area contributed by atoms with E-state index in [9.17, 15) is 18.3 Å². The van der Waals surface area contributed by atoms with Gasteiger partial charge in [0, 0.05) is 0 Å². The molecule has 25 heavy (non-hydrogen) atoms. The molecule has 136 valence electrons. The minimum absolute atomic E-state index is 0.00317. The second-order valence-electron chi connectivity index (χ2n) is 6.64. The van der Waals surface area contributed by atoms with E-state index in [2.05, 4.69) is 0 Å². The Kier molecular flexibility index (Phi) is 4.59. The maximum absolute atomic E-state index is 13.1. The summed E-state index contributed by atoms with van der Waals surface area (Å²) in [5, 5.41) is 10.3. The molecule has 7 nitrogen and oxygen atoms in total. The van der Waals surface area contributed by atoms with E-state index in [1.54, 1.807) is 26.0 Å². The first-order chi connectivity index (χ1) is 11.6. The van der Waals surface area contributed by atoms with Crippen molar-refractivity contribution in [1.82, 2.24) is 4.31 Å². The Morgan fingerprint density at radius 2 is 1.88 bits per heavy atom. The molecule has 1 aromatic rings. The van der Waals surface area contributed by atoms with Crippen LogP contribution < -0.4 is 0 Å². The monoisotopic (exact) mass is 367 g/mol. The third-order valence-corrected chi connectivity index (χ3v) is 6.10. The van der Waals surface area contributed by atoms with Crippen molar-refractivity contribution >= 4 is 15.8 Å². The standard InChI is InChI=1S/C17H21NO6S/c1-11-4-6-12(7-5-11)25(21,22)18-15(20)9-8-13(19)16(18)14-10-23-17(2,3)24-14/h4-9,14-16,20H,10H2,1-3H3/t14-,15+,16?/m0/s1. The van der Waals surface area contributed by atoms with Crippen LogP contribution in [0.15, 0.2) is 41.3 Å². The molecule has 0 radical (unpaired) electrons. The number of ether oxygens (including phenoxy) is 2. The average Bonchev–Trinajstić information content (AvgIpc) is 2.89. The van der Waals surface area contributed by atoms with Crippen molar-refractivity contribution in [3.63, 3.8) is 0 Å². The van der Waals surface area contributed by atoms with Crippen LogP contribution in [0.5, 0.6) is 0 Å². The van der Waals surface area contributed by atoms with Crippen molar-refractivity contribution in [2.75, 3.05) is 6.61 Å². The Morgan fingerprint density at radius 1 is 1.24 bits per heavy atom. The summed E-state index contributed by atoms with van der Waals surface area (Å²) >= 11 is 0. The number of hydrogen-bond acceptors (Lipinski definition) is 6. The summed E-state index contributed by atoms with van der Waals surface area (Å²) in [6, 6.07) is 5.04. The molecule has 1 saturated heterocycles. The van der Waals surface area contributed by atoms with E-state index >= 15 is 0 Å². The minimum atomic E-state index is -4.11. The highest BCUT2D eigenvalue weighted by molar-refractivity contribution is 7.89. The molecule has 2 heterocycles. The van der Waals surface area contributed by atoms with Crippen LogP contribution in [-0.2, 0) is 24.3 Å². The van der Waals surface area contributed by atoms with E-state index in [1.807, 2.05) is 6.92 Å². The first-order valence-corrected chi connectivity index (χ1v) is 9.38. The van der Waals surface area contributed by atoms with Crippen LogP contribution in [0.4, 0.5) is 0 Å². The second-order valence-corrected chi connectivity index (χ2v) is 8.48. The van der Waals surface area contributed by atoms with Gasteiger partial charge in [-0.05, 0) is 45.1 Å². The molecule has 3 atom stereocenters. The summed E-state index contributed by atoms with van der Waals surface area (Å²) in [6.45, 7) is 5.27. The Labute approximate surface area is 146 Å². The van der Waals surface area contributed by atoms with Gasteiger partial charge >= 0.3 is 0 Å². The first-order valence-electron chi connectivity index (χ1n) is 7.94. The van der Waals surface area contributed by atoms with Crippen LogP contribution >= 0.6 is 0 Å². The highest BCUT2D eigenvalue weighted by atomic mass is 32.2. The number of carbonyl (C=O) groups excluding carboxylic acids is 1. The number of rotatable bonds is 3. The van der Waals surface area contributed by atoms with E-state index in [0.717, 1.165) is 15.9 Å². The van der Waals surface area contributed by atoms with E-state index in [1.165, 1.54) is 18.2 Å². The van der Waals surface area contributed by atoms with Gasteiger partial charge in [0.15, 0.2) is 11.6 Å². The summed E-state index contributed by atoms with van der Waals surface area (Å²) in [7, 11) is -4.11.